The molecule has 2 unspecified atom stereocenters. The summed E-state index contributed by atoms with van der Waals surface area (Å²) in [5.74, 6) is -0.0820. The number of rotatable bonds is 4. The fourth-order valence-electron chi connectivity index (χ4n) is 4.21. The molecule has 0 N–H and O–H groups in total. The molecule has 31 heavy (non-hydrogen) atoms. The van der Waals surface area contributed by atoms with Crippen LogP contribution in [0.4, 0.5) is 13.2 Å². The Balaban J connectivity index is 1.60. The first-order chi connectivity index (χ1) is 14.7. The van der Waals surface area contributed by atoms with Crippen molar-refractivity contribution in [3.63, 3.8) is 0 Å². The third-order valence-electron chi connectivity index (χ3n) is 5.53. The second-order valence-electron chi connectivity index (χ2n) is 7.58. The van der Waals surface area contributed by atoms with Crippen molar-refractivity contribution in [3.05, 3.63) is 57.4 Å². The minimum Gasteiger partial charge on any atom is -0.495 e. The summed E-state index contributed by atoms with van der Waals surface area (Å²) in [6, 6.07) is 4.15. The van der Waals surface area contributed by atoms with Crippen LogP contribution in [0.1, 0.15) is 12.0 Å². The van der Waals surface area contributed by atoms with Crippen LogP contribution in [0.2, 0.25) is 0 Å². The third-order valence-corrected chi connectivity index (χ3v) is 5.99. The molecule has 2 atom stereocenters. The number of nitrogens with zero attached hydrogens (tertiary/aromatic N) is 1. The van der Waals surface area contributed by atoms with E-state index < -0.39 is 6.36 Å². The van der Waals surface area contributed by atoms with Gasteiger partial charge < -0.3 is 19.1 Å². The molecule has 0 spiro atoms. The first kappa shape index (κ1) is 22.0. The Morgan fingerprint density at radius 2 is 1.94 bits per heavy atom. The number of ether oxygens (including phenoxy) is 3. The van der Waals surface area contributed by atoms with E-state index in [0.717, 1.165) is 18.8 Å². The standard InChI is InChI=1S/C22H21BrF3NO4/c1-29-20-12-18-14(10-19(20)27-2-4-30-5-3-27)9-15(21(18)28)6-13-7-16(23)11-17(8-13)31-22(24,25)26/h6-8,10-12,14,18H,2-5,9H2,1H3/b15-6+. The number of fused-ring (bicyclic) bond motifs is 1. The van der Waals surface area contributed by atoms with E-state index in [9.17, 15) is 18.0 Å². The smallest absolute Gasteiger partial charge is 0.495 e. The summed E-state index contributed by atoms with van der Waals surface area (Å²) >= 11 is 3.20. The largest absolute Gasteiger partial charge is 0.573 e. The summed E-state index contributed by atoms with van der Waals surface area (Å²) in [7, 11) is 1.58. The maximum Gasteiger partial charge on any atom is 0.573 e. The van der Waals surface area contributed by atoms with Gasteiger partial charge in [0.15, 0.2) is 5.78 Å². The van der Waals surface area contributed by atoms with Gasteiger partial charge in [-0.25, -0.2) is 0 Å². The maximum atomic E-state index is 13.0. The minimum atomic E-state index is -4.79. The molecular formula is C22H21BrF3NO4. The number of carbonyl (C=O) groups excluding carboxylic acids is 1. The van der Waals surface area contributed by atoms with Crippen LogP contribution in [-0.4, -0.2) is 50.5 Å². The van der Waals surface area contributed by atoms with Crippen molar-refractivity contribution in [1.29, 1.82) is 0 Å². The van der Waals surface area contributed by atoms with E-state index in [-0.39, 0.29) is 23.4 Å². The molecule has 4 rings (SSSR count). The van der Waals surface area contributed by atoms with Crippen LogP contribution in [0, 0.1) is 11.8 Å². The summed E-state index contributed by atoms with van der Waals surface area (Å²) in [4.78, 5) is 15.2. The summed E-state index contributed by atoms with van der Waals surface area (Å²) in [6.45, 7) is 2.77. The van der Waals surface area contributed by atoms with Crippen LogP contribution >= 0.6 is 15.9 Å². The van der Waals surface area contributed by atoms with Crippen molar-refractivity contribution in [3.8, 4) is 5.75 Å². The highest BCUT2D eigenvalue weighted by Crippen LogP contribution is 2.42. The lowest BCUT2D eigenvalue weighted by atomic mass is 9.89. The fourth-order valence-corrected chi connectivity index (χ4v) is 4.70. The van der Waals surface area contributed by atoms with Gasteiger partial charge in [-0.2, -0.15) is 0 Å². The Labute approximate surface area is 186 Å². The van der Waals surface area contributed by atoms with Crippen molar-refractivity contribution in [2.45, 2.75) is 12.8 Å². The van der Waals surface area contributed by atoms with Gasteiger partial charge in [-0.15, -0.1) is 13.2 Å². The zero-order chi connectivity index (χ0) is 22.2. The summed E-state index contributed by atoms with van der Waals surface area (Å²) in [5, 5.41) is 0. The van der Waals surface area contributed by atoms with Gasteiger partial charge in [0.2, 0.25) is 0 Å². The van der Waals surface area contributed by atoms with Crippen molar-refractivity contribution in [2.75, 3.05) is 33.4 Å². The molecule has 166 valence electrons. The second kappa shape index (κ2) is 8.70. The number of morpholine rings is 1. The number of benzene rings is 1. The first-order valence-electron chi connectivity index (χ1n) is 9.85. The van der Waals surface area contributed by atoms with Crippen LogP contribution in [0.5, 0.6) is 5.75 Å². The highest BCUT2D eigenvalue weighted by molar-refractivity contribution is 9.10. The number of Topliss-reactive ketones (excluding diaryl/α,β-unsaturated/α-hetero) is 1. The Bertz CT molecular complexity index is 964. The molecule has 2 fully saturated rings. The molecule has 0 radical (unpaired) electrons. The molecule has 1 aromatic rings. The average Bonchev–Trinajstić information content (AvgIpc) is 3.00. The molecule has 2 aliphatic carbocycles. The van der Waals surface area contributed by atoms with Gasteiger partial charge in [-0.05, 0) is 53.8 Å². The lowest BCUT2D eigenvalue weighted by Gasteiger charge is -2.34. The third kappa shape index (κ3) is 4.98. The monoisotopic (exact) mass is 499 g/mol. The van der Waals surface area contributed by atoms with E-state index in [4.69, 9.17) is 9.47 Å². The number of allylic oxidation sites excluding steroid dienone is 3. The zero-order valence-corrected chi connectivity index (χ0v) is 18.3. The fraction of sp³-hybridized carbons (Fsp3) is 0.409. The normalized spacial score (nSPS) is 25.3. The van der Waals surface area contributed by atoms with Crippen LogP contribution in [0.15, 0.2) is 51.9 Å². The molecule has 5 nitrogen and oxygen atoms in total. The summed E-state index contributed by atoms with van der Waals surface area (Å²) < 4.78 is 53.2. The van der Waals surface area contributed by atoms with Gasteiger partial charge in [0, 0.05) is 17.6 Å². The second-order valence-corrected chi connectivity index (χ2v) is 8.50. The number of ketones is 1. The Kier molecular flexibility index (Phi) is 6.16. The summed E-state index contributed by atoms with van der Waals surface area (Å²) in [6.07, 6.45) is 1.29. The van der Waals surface area contributed by atoms with Gasteiger partial charge in [0.25, 0.3) is 0 Å². The predicted octanol–water partition coefficient (Wildman–Crippen LogP) is 4.70. The quantitative estimate of drug-likeness (QED) is 0.562. The van der Waals surface area contributed by atoms with E-state index in [1.54, 1.807) is 19.3 Å². The molecule has 3 aliphatic rings. The maximum absolute atomic E-state index is 13.0. The molecular weight excluding hydrogens is 479 g/mol. The van der Waals surface area contributed by atoms with E-state index in [1.807, 2.05) is 6.08 Å². The topological polar surface area (TPSA) is 48.0 Å². The molecule has 1 heterocycles. The molecule has 1 aromatic carbocycles. The number of alkyl halides is 3. The van der Waals surface area contributed by atoms with Gasteiger partial charge in [-0.1, -0.05) is 22.0 Å². The first-order valence-corrected chi connectivity index (χ1v) is 10.6. The molecule has 0 aromatic heterocycles. The van der Waals surface area contributed by atoms with Crippen molar-refractivity contribution < 1.29 is 32.2 Å². The number of methoxy groups -OCH3 is 1. The van der Waals surface area contributed by atoms with Crippen LogP contribution < -0.4 is 4.74 Å². The lowest BCUT2D eigenvalue weighted by Crippen LogP contribution is -2.37. The van der Waals surface area contributed by atoms with Gasteiger partial charge >= 0.3 is 6.36 Å². The van der Waals surface area contributed by atoms with Crippen LogP contribution in [-0.2, 0) is 14.3 Å². The van der Waals surface area contributed by atoms with E-state index in [1.165, 1.54) is 12.1 Å². The van der Waals surface area contributed by atoms with Crippen LogP contribution in [0.25, 0.3) is 6.08 Å². The predicted molar refractivity (Wildman–Crippen MR) is 111 cm³/mol. The van der Waals surface area contributed by atoms with Crippen molar-refractivity contribution in [1.82, 2.24) is 4.90 Å². The van der Waals surface area contributed by atoms with E-state index in [2.05, 4.69) is 31.6 Å². The molecule has 1 saturated heterocycles. The highest BCUT2D eigenvalue weighted by Gasteiger charge is 2.40. The van der Waals surface area contributed by atoms with Crippen molar-refractivity contribution >= 4 is 27.8 Å². The summed E-state index contributed by atoms with van der Waals surface area (Å²) in [5.41, 5.74) is 1.99. The minimum absolute atomic E-state index is 0.0199. The number of halogens is 4. The highest BCUT2D eigenvalue weighted by atomic mass is 79.9. The Morgan fingerprint density at radius 3 is 2.61 bits per heavy atom. The Morgan fingerprint density at radius 1 is 1.19 bits per heavy atom. The number of hydrogen-bond donors (Lipinski definition) is 0. The van der Waals surface area contributed by atoms with E-state index in [0.29, 0.717) is 41.0 Å². The lowest BCUT2D eigenvalue weighted by molar-refractivity contribution is -0.274. The molecule has 1 aliphatic heterocycles. The number of carbonyl (C=O) groups is 1. The SMILES string of the molecule is COC1=CC2C(=O)/C(=C/c3cc(Br)cc(OC(F)(F)F)c3)CC2C=C1N1CCOCC1. The molecule has 0 amide bonds. The van der Waals surface area contributed by atoms with Crippen molar-refractivity contribution in [2.24, 2.45) is 11.8 Å². The molecule has 1 saturated carbocycles. The van der Waals surface area contributed by atoms with E-state index >= 15 is 0 Å². The zero-order valence-electron chi connectivity index (χ0n) is 16.7. The average molecular weight is 500 g/mol. The Hall–Kier alpha value is -2.26. The molecule has 0 bridgehead atoms. The van der Waals surface area contributed by atoms with Crippen LogP contribution in [0.3, 0.4) is 0 Å². The number of hydrogen-bond acceptors (Lipinski definition) is 5. The molecule has 9 heteroatoms. The van der Waals surface area contributed by atoms with Gasteiger partial charge in [0.1, 0.15) is 11.5 Å². The van der Waals surface area contributed by atoms with Gasteiger partial charge in [0.05, 0.1) is 31.9 Å². The van der Waals surface area contributed by atoms with Gasteiger partial charge in [-0.3, -0.25) is 4.79 Å².